The van der Waals surface area contributed by atoms with Gasteiger partial charge in [-0.3, -0.25) is 4.79 Å². The first-order chi connectivity index (χ1) is 8.45. The van der Waals surface area contributed by atoms with Gasteiger partial charge in [0.25, 0.3) is 5.91 Å². The van der Waals surface area contributed by atoms with Gasteiger partial charge in [0.05, 0.1) is 12.2 Å². The fraction of sp³-hybridized carbons (Fsp3) is 0.692. The molecule has 0 aliphatic carbocycles. The Hall–Kier alpha value is -1.36. The van der Waals surface area contributed by atoms with Crippen LogP contribution in [0, 0.1) is 0 Å². The molecule has 0 bridgehead atoms. The zero-order valence-corrected chi connectivity index (χ0v) is 11.8. The lowest BCUT2D eigenvalue weighted by Gasteiger charge is -2.19. The number of carbonyl (C=O) groups is 1. The van der Waals surface area contributed by atoms with E-state index in [2.05, 4.69) is 5.16 Å². The molecule has 0 aromatic carbocycles. The normalized spacial score (nSPS) is 12.8. The summed E-state index contributed by atoms with van der Waals surface area (Å²) in [6.45, 7) is 8.66. The molecule has 1 aromatic rings. The van der Waals surface area contributed by atoms with Gasteiger partial charge in [-0.05, 0) is 19.8 Å². The number of nitrogens with zero attached hydrogens (tertiary/aromatic N) is 2. The summed E-state index contributed by atoms with van der Waals surface area (Å²) in [6, 6.07) is 1.89. The summed E-state index contributed by atoms with van der Waals surface area (Å²) in [5.41, 5.74) is 0.906. The molecule has 1 amide bonds. The largest absolute Gasteiger partial charge is 0.369 e. The number of ether oxygens (including phenoxy) is 1. The van der Waals surface area contributed by atoms with Crippen LogP contribution in [0.2, 0.25) is 0 Å². The number of likely N-dealkylation sites (N-methyl/N-ethyl adjacent to an activating group) is 1. The summed E-state index contributed by atoms with van der Waals surface area (Å²) in [5.74, 6) is 0.962. The quantitative estimate of drug-likeness (QED) is 0.780. The minimum Gasteiger partial charge on any atom is -0.369 e. The Bertz CT molecular complexity index is 387. The number of carbonyl (C=O) groups excluding carboxylic acids is 1. The van der Waals surface area contributed by atoms with Crippen molar-refractivity contribution >= 4 is 5.91 Å². The average Bonchev–Trinajstić information content (AvgIpc) is 2.77. The Morgan fingerprint density at radius 3 is 2.67 bits per heavy atom. The van der Waals surface area contributed by atoms with Crippen LogP contribution in [0.25, 0.3) is 0 Å². The smallest absolute Gasteiger partial charge is 0.251 e. The summed E-state index contributed by atoms with van der Waals surface area (Å²) >= 11 is 0. The van der Waals surface area contributed by atoms with Crippen LogP contribution in [0.4, 0.5) is 0 Å². The van der Waals surface area contributed by atoms with E-state index in [0.29, 0.717) is 24.8 Å². The summed E-state index contributed by atoms with van der Waals surface area (Å²) in [5, 5.41) is 3.97. The maximum absolute atomic E-state index is 11.9. The van der Waals surface area contributed by atoms with Gasteiger partial charge in [0.15, 0.2) is 5.76 Å². The first-order valence-electron chi connectivity index (χ1n) is 6.27. The monoisotopic (exact) mass is 254 g/mol. The summed E-state index contributed by atoms with van der Waals surface area (Å²) in [4.78, 5) is 13.5. The predicted molar refractivity (Wildman–Crippen MR) is 68.2 cm³/mol. The Morgan fingerprint density at radius 2 is 2.17 bits per heavy atom. The van der Waals surface area contributed by atoms with Crippen molar-refractivity contribution in [2.24, 2.45) is 0 Å². The molecule has 0 aliphatic heterocycles. The molecule has 0 N–H and O–H groups in total. The highest BCUT2D eigenvalue weighted by atomic mass is 16.5. The third kappa shape index (κ3) is 3.84. The van der Waals surface area contributed by atoms with E-state index in [1.54, 1.807) is 18.9 Å². The fourth-order valence-electron chi connectivity index (χ4n) is 1.62. The minimum absolute atomic E-state index is 0.0562. The van der Waals surface area contributed by atoms with E-state index in [0.717, 1.165) is 5.69 Å². The average molecular weight is 254 g/mol. The van der Waals surface area contributed by atoms with Crippen LogP contribution in [-0.2, 0) is 16.1 Å². The van der Waals surface area contributed by atoms with Crippen molar-refractivity contribution in [3.63, 3.8) is 0 Å². The second-order valence-corrected chi connectivity index (χ2v) is 4.66. The van der Waals surface area contributed by atoms with E-state index in [9.17, 15) is 4.79 Å². The van der Waals surface area contributed by atoms with Gasteiger partial charge < -0.3 is 14.2 Å². The van der Waals surface area contributed by atoms with Crippen molar-refractivity contribution in [3.8, 4) is 0 Å². The highest BCUT2D eigenvalue weighted by Crippen LogP contribution is 2.15. The molecule has 1 aromatic heterocycles. The zero-order valence-electron chi connectivity index (χ0n) is 11.8. The summed E-state index contributed by atoms with van der Waals surface area (Å²) in [7, 11) is 1.73. The van der Waals surface area contributed by atoms with Crippen molar-refractivity contribution in [2.75, 3.05) is 13.7 Å². The van der Waals surface area contributed by atoms with Gasteiger partial charge >= 0.3 is 0 Å². The van der Waals surface area contributed by atoms with E-state index in [1.807, 2.05) is 26.8 Å². The first kappa shape index (κ1) is 14.7. The molecule has 0 saturated heterocycles. The Labute approximate surface area is 108 Å². The van der Waals surface area contributed by atoms with Crippen molar-refractivity contribution in [1.29, 1.82) is 0 Å². The third-order valence-electron chi connectivity index (χ3n) is 2.70. The topological polar surface area (TPSA) is 55.6 Å². The molecule has 0 spiro atoms. The maximum atomic E-state index is 11.9. The minimum atomic E-state index is -0.424. The second kappa shape index (κ2) is 6.54. The number of amides is 1. The molecular formula is C13H22N2O3. The van der Waals surface area contributed by atoms with Gasteiger partial charge in [0, 0.05) is 19.7 Å². The molecule has 0 radical (unpaired) electrons. The van der Waals surface area contributed by atoms with Crippen LogP contribution in [-0.4, -0.2) is 35.7 Å². The van der Waals surface area contributed by atoms with E-state index in [-0.39, 0.29) is 5.91 Å². The number of hydrogen-bond donors (Lipinski definition) is 0. The summed E-state index contributed by atoms with van der Waals surface area (Å²) < 4.78 is 10.5. The lowest BCUT2D eigenvalue weighted by Crippen LogP contribution is -2.35. The van der Waals surface area contributed by atoms with Gasteiger partial charge in [-0.25, -0.2) is 0 Å². The highest BCUT2D eigenvalue weighted by Gasteiger charge is 2.19. The van der Waals surface area contributed by atoms with Crippen LogP contribution < -0.4 is 0 Å². The SMILES string of the molecule is CCOC(C)C(=O)N(C)Cc1cc(C(C)C)no1. The molecule has 5 nitrogen and oxygen atoms in total. The van der Waals surface area contributed by atoms with Gasteiger partial charge in [0.1, 0.15) is 6.10 Å². The molecule has 18 heavy (non-hydrogen) atoms. The van der Waals surface area contributed by atoms with Gasteiger partial charge in [-0.15, -0.1) is 0 Å². The predicted octanol–water partition coefficient (Wildman–Crippen LogP) is 2.18. The molecule has 1 rings (SSSR count). The first-order valence-corrected chi connectivity index (χ1v) is 6.27. The Kier molecular flexibility index (Phi) is 5.34. The molecule has 0 saturated carbocycles. The maximum Gasteiger partial charge on any atom is 0.251 e. The highest BCUT2D eigenvalue weighted by molar-refractivity contribution is 5.80. The number of rotatable bonds is 6. The van der Waals surface area contributed by atoms with E-state index >= 15 is 0 Å². The number of aromatic nitrogens is 1. The van der Waals surface area contributed by atoms with Gasteiger partial charge in [-0.2, -0.15) is 0 Å². The van der Waals surface area contributed by atoms with E-state index in [1.165, 1.54) is 0 Å². The van der Waals surface area contributed by atoms with Crippen LogP contribution in [0.5, 0.6) is 0 Å². The Balaban J connectivity index is 2.57. The van der Waals surface area contributed by atoms with Crippen LogP contribution in [0.15, 0.2) is 10.6 Å². The fourth-order valence-corrected chi connectivity index (χ4v) is 1.62. The van der Waals surface area contributed by atoms with Crippen molar-refractivity contribution in [3.05, 3.63) is 17.5 Å². The van der Waals surface area contributed by atoms with Crippen LogP contribution in [0.3, 0.4) is 0 Å². The number of hydrogen-bond acceptors (Lipinski definition) is 4. The molecule has 0 aliphatic rings. The standard InChI is InChI=1S/C13H22N2O3/c1-6-17-10(4)13(16)15(5)8-11-7-12(9(2)3)14-18-11/h7,9-10H,6,8H2,1-5H3. The molecule has 1 heterocycles. The molecule has 102 valence electrons. The molecule has 1 atom stereocenters. The lowest BCUT2D eigenvalue weighted by atomic mass is 10.1. The van der Waals surface area contributed by atoms with Crippen molar-refractivity contribution in [1.82, 2.24) is 10.1 Å². The Morgan fingerprint density at radius 1 is 1.50 bits per heavy atom. The molecule has 0 fully saturated rings. The van der Waals surface area contributed by atoms with Crippen LogP contribution in [0.1, 0.15) is 45.1 Å². The zero-order chi connectivity index (χ0) is 13.7. The lowest BCUT2D eigenvalue weighted by molar-refractivity contribution is -0.141. The van der Waals surface area contributed by atoms with Crippen LogP contribution >= 0.6 is 0 Å². The second-order valence-electron chi connectivity index (χ2n) is 4.66. The van der Waals surface area contributed by atoms with E-state index in [4.69, 9.17) is 9.26 Å². The van der Waals surface area contributed by atoms with Crippen molar-refractivity contribution in [2.45, 2.75) is 46.3 Å². The molecule has 1 unspecified atom stereocenters. The van der Waals surface area contributed by atoms with Gasteiger partial charge in [0.2, 0.25) is 0 Å². The molecular weight excluding hydrogens is 232 g/mol. The van der Waals surface area contributed by atoms with E-state index < -0.39 is 6.10 Å². The van der Waals surface area contributed by atoms with Gasteiger partial charge in [-0.1, -0.05) is 19.0 Å². The van der Waals surface area contributed by atoms with Crippen molar-refractivity contribution < 1.29 is 14.1 Å². The third-order valence-corrected chi connectivity index (χ3v) is 2.70. The summed E-state index contributed by atoms with van der Waals surface area (Å²) in [6.07, 6.45) is -0.424. The molecule has 5 heteroatoms.